The summed E-state index contributed by atoms with van der Waals surface area (Å²) >= 11 is 0. The Balaban J connectivity index is 3.17. The van der Waals surface area contributed by atoms with Crippen LogP contribution in [0.25, 0.3) is 0 Å². The van der Waals surface area contributed by atoms with Gasteiger partial charge in [0.25, 0.3) is 0 Å². The van der Waals surface area contributed by atoms with E-state index in [2.05, 4.69) is 19.2 Å². The normalized spacial score (nSPS) is 10.2. The number of hydrogen-bond acceptors (Lipinski definition) is 2. The third-order valence-electron chi connectivity index (χ3n) is 1.68. The molecule has 0 heterocycles. The molecule has 0 rings (SSSR count). The highest BCUT2D eigenvalue weighted by Gasteiger charge is 1.99. The second kappa shape index (κ2) is 7.90. The highest BCUT2D eigenvalue weighted by molar-refractivity contribution is 5.66. The molecule has 1 amide bonds. The summed E-state index contributed by atoms with van der Waals surface area (Å²) in [5.41, 5.74) is 0. The number of ether oxygens (including phenoxy) is 1. The second-order valence-electron chi connectivity index (χ2n) is 3.60. The zero-order chi connectivity index (χ0) is 10.1. The van der Waals surface area contributed by atoms with Crippen LogP contribution in [-0.4, -0.2) is 19.2 Å². The Morgan fingerprint density at radius 3 is 2.69 bits per heavy atom. The monoisotopic (exact) mass is 187 g/mol. The molecule has 0 fully saturated rings. The van der Waals surface area contributed by atoms with Gasteiger partial charge in [-0.05, 0) is 25.2 Å². The first kappa shape index (κ1) is 12.3. The van der Waals surface area contributed by atoms with Gasteiger partial charge in [0, 0.05) is 6.54 Å². The predicted molar refractivity (Wildman–Crippen MR) is 53.7 cm³/mol. The van der Waals surface area contributed by atoms with Crippen LogP contribution in [0.4, 0.5) is 4.79 Å². The van der Waals surface area contributed by atoms with Crippen molar-refractivity contribution in [3.8, 4) is 0 Å². The minimum Gasteiger partial charge on any atom is -0.450 e. The van der Waals surface area contributed by atoms with Crippen molar-refractivity contribution in [1.29, 1.82) is 0 Å². The highest BCUT2D eigenvalue weighted by atomic mass is 16.5. The minimum absolute atomic E-state index is 0.286. The molecule has 0 aromatic rings. The summed E-state index contributed by atoms with van der Waals surface area (Å²) in [5, 5.41) is 2.66. The molecule has 0 spiro atoms. The van der Waals surface area contributed by atoms with E-state index in [0.29, 0.717) is 19.1 Å². The van der Waals surface area contributed by atoms with Crippen LogP contribution in [0.5, 0.6) is 0 Å². The lowest BCUT2D eigenvalue weighted by Gasteiger charge is -2.06. The lowest BCUT2D eigenvalue weighted by molar-refractivity contribution is 0.143. The predicted octanol–water partition coefficient (Wildman–Crippen LogP) is 2.56. The molecular weight excluding hydrogens is 166 g/mol. The maximum atomic E-state index is 10.9. The molecule has 13 heavy (non-hydrogen) atoms. The minimum atomic E-state index is -0.286. The summed E-state index contributed by atoms with van der Waals surface area (Å²) in [6.45, 7) is 7.57. The molecule has 0 saturated heterocycles. The van der Waals surface area contributed by atoms with Crippen LogP contribution in [-0.2, 0) is 4.74 Å². The van der Waals surface area contributed by atoms with E-state index in [1.807, 2.05) is 6.92 Å². The Morgan fingerprint density at radius 2 is 2.15 bits per heavy atom. The van der Waals surface area contributed by atoms with E-state index in [1.165, 1.54) is 0 Å². The molecule has 0 aromatic carbocycles. The highest BCUT2D eigenvalue weighted by Crippen LogP contribution is 2.02. The van der Waals surface area contributed by atoms with Gasteiger partial charge < -0.3 is 10.1 Å². The van der Waals surface area contributed by atoms with Crippen LogP contribution in [0.3, 0.4) is 0 Å². The van der Waals surface area contributed by atoms with Crippen molar-refractivity contribution in [3.05, 3.63) is 0 Å². The van der Waals surface area contributed by atoms with E-state index in [1.54, 1.807) is 0 Å². The first-order chi connectivity index (χ1) is 6.16. The van der Waals surface area contributed by atoms with Crippen molar-refractivity contribution >= 4 is 6.09 Å². The number of amides is 1. The zero-order valence-electron chi connectivity index (χ0n) is 8.93. The maximum absolute atomic E-state index is 10.9. The van der Waals surface area contributed by atoms with Crippen LogP contribution >= 0.6 is 0 Å². The molecular formula is C10H21NO2. The number of rotatable bonds is 6. The van der Waals surface area contributed by atoms with Crippen molar-refractivity contribution in [1.82, 2.24) is 5.32 Å². The van der Waals surface area contributed by atoms with E-state index >= 15 is 0 Å². The van der Waals surface area contributed by atoms with Gasteiger partial charge in [-0.1, -0.05) is 20.8 Å². The first-order valence-electron chi connectivity index (χ1n) is 5.07. The van der Waals surface area contributed by atoms with Gasteiger partial charge in [-0.3, -0.25) is 0 Å². The van der Waals surface area contributed by atoms with Crippen LogP contribution in [0.1, 0.15) is 40.0 Å². The topological polar surface area (TPSA) is 38.3 Å². The Bertz CT molecular complexity index is 135. The summed E-state index contributed by atoms with van der Waals surface area (Å²) in [5.74, 6) is 0.683. The van der Waals surface area contributed by atoms with Gasteiger partial charge in [0.1, 0.15) is 0 Å². The van der Waals surface area contributed by atoms with Gasteiger partial charge in [-0.25, -0.2) is 4.79 Å². The fourth-order valence-corrected chi connectivity index (χ4v) is 0.935. The Labute approximate surface area is 80.8 Å². The molecule has 0 saturated carbocycles. The van der Waals surface area contributed by atoms with Gasteiger partial charge >= 0.3 is 6.09 Å². The van der Waals surface area contributed by atoms with Crippen molar-refractivity contribution < 1.29 is 9.53 Å². The van der Waals surface area contributed by atoms with Gasteiger partial charge in [0.2, 0.25) is 0 Å². The number of nitrogens with one attached hydrogen (secondary N) is 1. The van der Waals surface area contributed by atoms with E-state index < -0.39 is 0 Å². The lowest BCUT2D eigenvalue weighted by atomic mass is 10.1. The van der Waals surface area contributed by atoms with Crippen molar-refractivity contribution in [2.24, 2.45) is 5.92 Å². The lowest BCUT2D eigenvalue weighted by Crippen LogP contribution is -2.25. The molecule has 0 bridgehead atoms. The second-order valence-corrected chi connectivity index (χ2v) is 3.60. The van der Waals surface area contributed by atoms with Crippen LogP contribution in [0, 0.1) is 5.92 Å². The average molecular weight is 187 g/mol. The Kier molecular flexibility index (Phi) is 7.45. The molecule has 0 aliphatic rings. The average Bonchev–Trinajstić information content (AvgIpc) is 2.08. The first-order valence-corrected chi connectivity index (χ1v) is 5.07. The van der Waals surface area contributed by atoms with Crippen LogP contribution in [0.15, 0.2) is 0 Å². The maximum Gasteiger partial charge on any atom is 0.407 e. The van der Waals surface area contributed by atoms with Crippen molar-refractivity contribution in [3.63, 3.8) is 0 Å². The van der Waals surface area contributed by atoms with Crippen molar-refractivity contribution in [2.75, 3.05) is 13.2 Å². The summed E-state index contributed by atoms with van der Waals surface area (Å²) in [6.07, 6.45) is 2.73. The third kappa shape index (κ3) is 9.18. The largest absolute Gasteiger partial charge is 0.450 e. The van der Waals surface area contributed by atoms with E-state index in [9.17, 15) is 4.79 Å². The molecule has 78 valence electrons. The molecule has 0 radical (unpaired) electrons. The van der Waals surface area contributed by atoms with Crippen LogP contribution in [0.2, 0.25) is 0 Å². The SMILES string of the molecule is CCCNC(=O)OCCCC(C)C. The van der Waals surface area contributed by atoms with E-state index in [-0.39, 0.29) is 6.09 Å². The van der Waals surface area contributed by atoms with Crippen LogP contribution < -0.4 is 5.32 Å². The van der Waals surface area contributed by atoms with E-state index in [0.717, 1.165) is 19.3 Å². The number of carbonyl (C=O) groups is 1. The summed E-state index contributed by atoms with van der Waals surface area (Å²) in [4.78, 5) is 10.9. The fourth-order valence-electron chi connectivity index (χ4n) is 0.935. The fraction of sp³-hybridized carbons (Fsp3) is 0.900. The number of alkyl carbamates (subject to hydrolysis) is 1. The summed E-state index contributed by atoms with van der Waals surface area (Å²) in [6, 6.07) is 0. The molecule has 1 N–H and O–H groups in total. The van der Waals surface area contributed by atoms with Gasteiger partial charge in [0.05, 0.1) is 6.61 Å². The number of hydrogen-bond donors (Lipinski definition) is 1. The molecule has 0 aliphatic carbocycles. The van der Waals surface area contributed by atoms with Gasteiger partial charge in [-0.15, -0.1) is 0 Å². The molecule has 3 heteroatoms. The smallest absolute Gasteiger partial charge is 0.407 e. The zero-order valence-corrected chi connectivity index (χ0v) is 8.93. The molecule has 3 nitrogen and oxygen atoms in total. The molecule has 0 atom stereocenters. The standard InChI is InChI=1S/C10H21NO2/c1-4-7-11-10(12)13-8-5-6-9(2)3/h9H,4-8H2,1-3H3,(H,11,12). The third-order valence-corrected chi connectivity index (χ3v) is 1.68. The van der Waals surface area contributed by atoms with Gasteiger partial charge in [0.15, 0.2) is 0 Å². The number of carbonyl (C=O) groups excluding carboxylic acids is 1. The quantitative estimate of drug-likeness (QED) is 0.649. The molecule has 0 unspecified atom stereocenters. The Hall–Kier alpha value is -0.730. The Morgan fingerprint density at radius 1 is 1.46 bits per heavy atom. The molecule has 0 aromatic heterocycles. The summed E-state index contributed by atoms with van der Waals surface area (Å²) in [7, 11) is 0. The van der Waals surface area contributed by atoms with Crippen molar-refractivity contribution in [2.45, 2.75) is 40.0 Å². The van der Waals surface area contributed by atoms with Gasteiger partial charge in [-0.2, -0.15) is 0 Å². The van der Waals surface area contributed by atoms with E-state index in [4.69, 9.17) is 4.74 Å². The molecule has 0 aliphatic heterocycles. The summed E-state index contributed by atoms with van der Waals surface area (Å²) < 4.78 is 4.94.